The molecule has 0 radical (unpaired) electrons. The minimum absolute atomic E-state index is 0.117. The van der Waals surface area contributed by atoms with E-state index >= 15 is 0 Å². The van der Waals surface area contributed by atoms with E-state index in [0.717, 1.165) is 11.9 Å². The molecule has 6 nitrogen and oxygen atoms in total. The predicted octanol–water partition coefficient (Wildman–Crippen LogP) is 2.45. The number of nitrogens with zero attached hydrogens (tertiary/aromatic N) is 1. The fourth-order valence-electron chi connectivity index (χ4n) is 1.77. The van der Waals surface area contributed by atoms with Crippen LogP contribution < -0.4 is 11.1 Å². The Morgan fingerprint density at radius 1 is 1.55 bits per heavy atom. The Kier molecular flexibility index (Phi) is 7.70. The van der Waals surface area contributed by atoms with Gasteiger partial charge in [0.05, 0.1) is 24.3 Å². The molecule has 1 aliphatic rings. The molecule has 1 atom stereocenters. The number of hydrogen-bond acceptors (Lipinski definition) is 4. The van der Waals surface area contributed by atoms with E-state index < -0.39 is 0 Å². The summed E-state index contributed by atoms with van der Waals surface area (Å²) in [7, 11) is 0. The minimum Gasteiger partial charge on any atom is -0.491 e. The van der Waals surface area contributed by atoms with Gasteiger partial charge >= 0.3 is 0 Å². The van der Waals surface area contributed by atoms with E-state index in [4.69, 9.17) is 32.9 Å². The van der Waals surface area contributed by atoms with Crippen LogP contribution >= 0.6 is 11.6 Å². The Morgan fingerprint density at radius 3 is 2.95 bits per heavy atom. The Balaban J connectivity index is 2.84. The van der Waals surface area contributed by atoms with Gasteiger partial charge in [-0.1, -0.05) is 23.8 Å². The Bertz CT molecular complexity index is 560. The summed E-state index contributed by atoms with van der Waals surface area (Å²) in [6.45, 7) is 2.42. The fourth-order valence-corrected chi connectivity index (χ4v) is 1.96. The monoisotopic (exact) mass is 321 g/mol. The minimum atomic E-state index is -0.117. The van der Waals surface area contributed by atoms with Crippen LogP contribution in [0, 0.1) is 10.8 Å². The molecule has 0 saturated carbocycles. The summed E-state index contributed by atoms with van der Waals surface area (Å²) in [6, 6.07) is 0. The lowest BCUT2D eigenvalue weighted by Gasteiger charge is -2.17. The number of halogens is 1. The maximum atomic E-state index is 7.45. The molecular formula is C15H20ClN5O. The number of nitrogens with two attached hydrogens (primary N) is 1. The summed E-state index contributed by atoms with van der Waals surface area (Å²) in [5, 5.41) is 17.7. The average Bonchev–Trinajstić information content (AvgIpc) is 2.69. The second-order valence-electron chi connectivity index (χ2n) is 4.48. The number of aliphatic imine (C=N–C) groups is 1. The van der Waals surface area contributed by atoms with Crippen molar-refractivity contribution in [3.8, 4) is 0 Å². The second-order valence-corrected chi connectivity index (χ2v) is 4.88. The molecule has 0 saturated heterocycles. The predicted molar refractivity (Wildman–Crippen MR) is 91.6 cm³/mol. The van der Waals surface area contributed by atoms with Gasteiger partial charge in [0.25, 0.3) is 0 Å². The molecule has 0 aromatic heterocycles. The van der Waals surface area contributed by atoms with Gasteiger partial charge in [0.1, 0.15) is 11.9 Å². The quantitative estimate of drug-likeness (QED) is 0.407. The molecule has 0 spiro atoms. The maximum Gasteiger partial charge on any atom is 0.119 e. The smallest absolute Gasteiger partial charge is 0.119 e. The standard InChI is InChI=1S/C15H20ClN5O/c1-11(7-20-9-18)22-15-5-3-12(2-4-14(15)16)13(6-17)8-21-10-19/h2-4,6,8-11,17H,5,7H2,1H3,(H2,18,20)(H2,19,21)/b13-8+,17-6?/t11-/m0/s1. The summed E-state index contributed by atoms with van der Waals surface area (Å²) in [6.07, 6.45) is 10.9. The van der Waals surface area contributed by atoms with Crippen molar-refractivity contribution >= 4 is 30.5 Å². The molecule has 0 fully saturated rings. The first-order chi connectivity index (χ1) is 10.6. The zero-order chi connectivity index (χ0) is 16.4. The van der Waals surface area contributed by atoms with Crippen LogP contribution in [0.15, 0.2) is 51.4 Å². The van der Waals surface area contributed by atoms with Crippen molar-refractivity contribution in [1.29, 1.82) is 10.8 Å². The molecule has 5 N–H and O–H groups in total. The maximum absolute atomic E-state index is 7.45. The van der Waals surface area contributed by atoms with E-state index in [9.17, 15) is 0 Å². The summed E-state index contributed by atoms with van der Waals surface area (Å²) >= 11 is 6.23. The lowest BCUT2D eigenvalue weighted by Crippen LogP contribution is -2.25. The highest BCUT2D eigenvalue weighted by Crippen LogP contribution is 2.25. The van der Waals surface area contributed by atoms with Gasteiger partial charge in [0, 0.05) is 24.4 Å². The SMILES string of the molecule is C[C@@H](CNC=N)OC1=C(Cl)C=CC(/C(C=N)=C/N=C/N)=CC1. The van der Waals surface area contributed by atoms with Gasteiger partial charge < -0.3 is 21.2 Å². The van der Waals surface area contributed by atoms with Gasteiger partial charge in [-0.25, -0.2) is 4.99 Å². The summed E-state index contributed by atoms with van der Waals surface area (Å²) < 4.78 is 5.79. The van der Waals surface area contributed by atoms with Crippen molar-refractivity contribution in [1.82, 2.24) is 5.32 Å². The van der Waals surface area contributed by atoms with Crippen molar-refractivity contribution in [2.45, 2.75) is 19.4 Å². The van der Waals surface area contributed by atoms with E-state index in [1.165, 1.54) is 18.8 Å². The van der Waals surface area contributed by atoms with Crippen LogP contribution in [0.5, 0.6) is 0 Å². The molecule has 0 aliphatic heterocycles. The van der Waals surface area contributed by atoms with E-state index in [0.29, 0.717) is 29.3 Å². The molecule has 0 heterocycles. The first kappa shape index (κ1) is 17.7. The first-order valence-electron chi connectivity index (χ1n) is 6.72. The van der Waals surface area contributed by atoms with Crippen LogP contribution in [0.2, 0.25) is 0 Å². The highest BCUT2D eigenvalue weighted by atomic mass is 35.5. The lowest BCUT2D eigenvalue weighted by molar-refractivity contribution is 0.130. The third kappa shape index (κ3) is 5.57. The molecule has 22 heavy (non-hydrogen) atoms. The molecule has 0 amide bonds. The molecular weight excluding hydrogens is 302 g/mol. The molecule has 1 rings (SSSR count). The van der Waals surface area contributed by atoms with Gasteiger partial charge in [0.15, 0.2) is 0 Å². The third-order valence-corrected chi connectivity index (χ3v) is 3.16. The number of ether oxygens (including phenoxy) is 1. The van der Waals surface area contributed by atoms with Crippen molar-refractivity contribution in [3.63, 3.8) is 0 Å². The topological polar surface area (TPSA) is 107 Å². The molecule has 0 bridgehead atoms. The molecule has 0 aromatic carbocycles. The van der Waals surface area contributed by atoms with Crippen LogP contribution in [0.3, 0.4) is 0 Å². The summed E-state index contributed by atoms with van der Waals surface area (Å²) in [4.78, 5) is 3.83. The van der Waals surface area contributed by atoms with Crippen LogP contribution in [0.4, 0.5) is 0 Å². The average molecular weight is 322 g/mol. The van der Waals surface area contributed by atoms with Crippen LogP contribution in [0.25, 0.3) is 0 Å². The van der Waals surface area contributed by atoms with Crippen molar-refractivity contribution in [2.24, 2.45) is 10.7 Å². The first-order valence-corrected chi connectivity index (χ1v) is 7.10. The van der Waals surface area contributed by atoms with Gasteiger partial charge in [-0.3, -0.25) is 5.41 Å². The third-order valence-electron chi connectivity index (χ3n) is 2.82. The second kappa shape index (κ2) is 9.57. The molecule has 0 aromatic rings. The van der Waals surface area contributed by atoms with Crippen molar-refractivity contribution in [2.75, 3.05) is 6.54 Å². The highest BCUT2D eigenvalue weighted by Gasteiger charge is 2.12. The lowest BCUT2D eigenvalue weighted by atomic mass is 10.1. The Hall–Kier alpha value is -2.34. The normalized spacial score (nSPS) is 17.0. The van der Waals surface area contributed by atoms with E-state index in [1.807, 2.05) is 19.1 Å². The highest BCUT2D eigenvalue weighted by molar-refractivity contribution is 6.31. The Labute approximate surface area is 135 Å². The summed E-state index contributed by atoms with van der Waals surface area (Å²) in [5.74, 6) is 0.652. The molecule has 7 heteroatoms. The number of hydrogen-bond donors (Lipinski definition) is 4. The molecule has 118 valence electrons. The number of nitrogens with one attached hydrogen (secondary N) is 3. The van der Waals surface area contributed by atoms with Crippen LogP contribution in [-0.2, 0) is 4.74 Å². The van der Waals surface area contributed by atoms with Gasteiger partial charge in [-0.05, 0) is 18.6 Å². The Morgan fingerprint density at radius 2 is 2.32 bits per heavy atom. The fraction of sp³-hybridized carbons (Fsp3) is 0.267. The largest absolute Gasteiger partial charge is 0.491 e. The number of allylic oxidation sites excluding steroid dienone is 6. The zero-order valence-electron chi connectivity index (χ0n) is 12.3. The number of rotatable bonds is 8. The van der Waals surface area contributed by atoms with E-state index in [-0.39, 0.29) is 6.10 Å². The zero-order valence-corrected chi connectivity index (χ0v) is 13.1. The van der Waals surface area contributed by atoms with Gasteiger partial charge in [0.2, 0.25) is 0 Å². The van der Waals surface area contributed by atoms with Crippen LogP contribution in [0.1, 0.15) is 13.3 Å². The van der Waals surface area contributed by atoms with Crippen LogP contribution in [-0.4, -0.2) is 31.5 Å². The summed E-state index contributed by atoms with van der Waals surface area (Å²) in [5.41, 5.74) is 6.66. The van der Waals surface area contributed by atoms with E-state index in [2.05, 4.69) is 10.3 Å². The van der Waals surface area contributed by atoms with Gasteiger partial charge in [-0.2, -0.15) is 0 Å². The van der Waals surface area contributed by atoms with Crippen molar-refractivity contribution in [3.05, 3.63) is 46.4 Å². The molecule has 0 unspecified atom stereocenters. The molecule has 1 aliphatic carbocycles. The van der Waals surface area contributed by atoms with Crippen molar-refractivity contribution < 1.29 is 4.74 Å². The van der Waals surface area contributed by atoms with Gasteiger partial charge in [-0.15, -0.1) is 0 Å². The van der Waals surface area contributed by atoms with E-state index in [1.54, 1.807) is 6.08 Å².